The van der Waals surface area contributed by atoms with E-state index in [2.05, 4.69) is 10.2 Å². The highest BCUT2D eigenvalue weighted by atomic mass is 35.5. The van der Waals surface area contributed by atoms with E-state index < -0.39 is 0 Å². The molecule has 2 aromatic carbocycles. The summed E-state index contributed by atoms with van der Waals surface area (Å²) < 4.78 is 14.7. The molecule has 2 aromatic heterocycles. The Morgan fingerprint density at radius 3 is 2.97 bits per heavy atom. The van der Waals surface area contributed by atoms with Crippen molar-refractivity contribution in [2.45, 2.75) is 37.4 Å². The molecule has 0 radical (unpaired) electrons. The van der Waals surface area contributed by atoms with Crippen LogP contribution in [0.1, 0.15) is 24.5 Å². The largest absolute Gasteiger partial charge is 0.467 e. The van der Waals surface area contributed by atoms with Crippen molar-refractivity contribution in [3.05, 3.63) is 62.9 Å². The van der Waals surface area contributed by atoms with Gasteiger partial charge in [-0.25, -0.2) is 0 Å². The summed E-state index contributed by atoms with van der Waals surface area (Å²) in [6.07, 6.45) is 0.831. The number of para-hydroxylation sites is 1. The molecule has 1 aliphatic heterocycles. The Labute approximate surface area is 181 Å². The average Bonchev–Trinajstić information content (AvgIpc) is 3.19. The van der Waals surface area contributed by atoms with E-state index in [0.29, 0.717) is 40.2 Å². The monoisotopic (exact) mass is 442 g/mol. The molecule has 154 valence electrons. The lowest BCUT2D eigenvalue weighted by molar-refractivity contribution is -0.0168. The zero-order chi connectivity index (χ0) is 20.7. The Balaban J connectivity index is 1.60. The van der Waals surface area contributed by atoms with Crippen molar-refractivity contribution in [1.29, 1.82) is 0 Å². The van der Waals surface area contributed by atoms with E-state index in [-0.39, 0.29) is 12.4 Å². The topological polar surface area (TPSA) is 70.7 Å². The molecule has 9 heteroatoms. The van der Waals surface area contributed by atoms with E-state index in [1.807, 2.05) is 47.7 Å². The molecule has 0 fully saturated rings. The highest BCUT2D eigenvalue weighted by Gasteiger charge is 2.19. The number of rotatable bonds is 5. The predicted molar refractivity (Wildman–Crippen MR) is 116 cm³/mol. The molecule has 5 rings (SSSR count). The van der Waals surface area contributed by atoms with Gasteiger partial charge in [-0.3, -0.25) is 13.8 Å². The maximum absolute atomic E-state index is 13.0. The lowest BCUT2D eigenvalue weighted by Crippen LogP contribution is -2.23. The third-order valence-electron chi connectivity index (χ3n) is 5.03. The Kier molecular flexibility index (Phi) is 5.14. The Morgan fingerprint density at radius 2 is 2.10 bits per heavy atom. The summed E-state index contributed by atoms with van der Waals surface area (Å²) in [5, 5.41) is 10.8. The summed E-state index contributed by atoms with van der Waals surface area (Å²) in [5.74, 6) is 1.98. The molecule has 7 nitrogen and oxygen atoms in total. The van der Waals surface area contributed by atoms with E-state index >= 15 is 0 Å². The second-order valence-electron chi connectivity index (χ2n) is 7.04. The maximum Gasteiger partial charge on any atom is 0.262 e. The van der Waals surface area contributed by atoms with Crippen molar-refractivity contribution in [2.75, 3.05) is 6.79 Å². The van der Waals surface area contributed by atoms with Crippen molar-refractivity contribution in [3.63, 3.8) is 0 Å². The van der Waals surface area contributed by atoms with Crippen molar-refractivity contribution in [2.24, 2.45) is 0 Å². The van der Waals surface area contributed by atoms with Gasteiger partial charge < -0.3 is 9.47 Å². The third kappa shape index (κ3) is 3.25. The average molecular weight is 443 g/mol. The number of aromatic nitrogens is 4. The van der Waals surface area contributed by atoms with Crippen molar-refractivity contribution < 1.29 is 9.47 Å². The van der Waals surface area contributed by atoms with Crippen LogP contribution in [-0.4, -0.2) is 26.0 Å². The van der Waals surface area contributed by atoms with Crippen LogP contribution in [0.15, 0.2) is 46.3 Å². The number of thioether (sulfide) groups is 1. The maximum atomic E-state index is 13.0. The number of nitrogens with zero attached hydrogens (tertiary/aromatic N) is 4. The molecule has 0 saturated heterocycles. The van der Waals surface area contributed by atoms with Crippen LogP contribution in [0.25, 0.3) is 16.7 Å². The number of benzene rings is 2. The van der Waals surface area contributed by atoms with Gasteiger partial charge in [-0.2, -0.15) is 0 Å². The molecule has 30 heavy (non-hydrogen) atoms. The van der Waals surface area contributed by atoms with Crippen LogP contribution in [0.2, 0.25) is 5.02 Å². The van der Waals surface area contributed by atoms with Gasteiger partial charge in [-0.05, 0) is 30.7 Å². The Morgan fingerprint density at radius 1 is 1.23 bits per heavy atom. The number of hydrogen-bond donors (Lipinski definition) is 0. The summed E-state index contributed by atoms with van der Waals surface area (Å²) >= 11 is 7.83. The van der Waals surface area contributed by atoms with Gasteiger partial charge in [0.2, 0.25) is 5.78 Å². The summed E-state index contributed by atoms with van der Waals surface area (Å²) in [6, 6.07) is 11.3. The molecule has 0 saturated carbocycles. The van der Waals surface area contributed by atoms with Gasteiger partial charge in [0, 0.05) is 28.4 Å². The molecule has 0 aliphatic carbocycles. The van der Waals surface area contributed by atoms with Crippen LogP contribution in [0.5, 0.6) is 5.75 Å². The number of ether oxygens (including phenoxy) is 2. The van der Waals surface area contributed by atoms with E-state index in [1.54, 1.807) is 4.57 Å². The molecule has 0 spiro atoms. The first-order chi connectivity index (χ1) is 14.7. The van der Waals surface area contributed by atoms with E-state index in [9.17, 15) is 4.79 Å². The SMILES string of the molecule is CCCn1c(=O)c2ccccc2n2c(SCc3cc(Cl)cc4c3OCOC4)nnc12. The smallest absolute Gasteiger partial charge is 0.262 e. The number of hydrogen-bond acceptors (Lipinski definition) is 6. The third-order valence-corrected chi connectivity index (χ3v) is 6.23. The van der Waals surface area contributed by atoms with Crippen LogP contribution in [0.3, 0.4) is 0 Å². The van der Waals surface area contributed by atoms with Gasteiger partial charge in [0.1, 0.15) is 5.75 Å². The summed E-state index contributed by atoms with van der Waals surface area (Å²) in [7, 11) is 0. The van der Waals surface area contributed by atoms with Gasteiger partial charge in [0.05, 0.1) is 17.5 Å². The fourth-order valence-corrected chi connectivity index (χ4v) is 4.93. The molecular formula is C21H19ClN4O3S. The fourth-order valence-electron chi connectivity index (χ4n) is 3.76. The lowest BCUT2D eigenvalue weighted by atomic mass is 10.1. The van der Waals surface area contributed by atoms with Crippen LogP contribution >= 0.6 is 23.4 Å². The summed E-state index contributed by atoms with van der Waals surface area (Å²) in [6.45, 7) is 3.34. The molecule has 0 amide bonds. The van der Waals surface area contributed by atoms with E-state index in [0.717, 1.165) is 28.8 Å². The van der Waals surface area contributed by atoms with Crippen LogP contribution < -0.4 is 10.3 Å². The van der Waals surface area contributed by atoms with Crippen LogP contribution in [-0.2, 0) is 23.6 Å². The summed E-state index contributed by atoms with van der Waals surface area (Å²) in [5.41, 5.74) is 2.68. The normalized spacial score (nSPS) is 13.5. The first kappa shape index (κ1) is 19.4. The van der Waals surface area contributed by atoms with E-state index in [1.165, 1.54) is 11.8 Å². The van der Waals surface area contributed by atoms with Crippen LogP contribution in [0.4, 0.5) is 0 Å². The fraction of sp³-hybridized carbons (Fsp3) is 0.286. The Bertz CT molecular complexity index is 1320. The van der Waals surface area contributed by atoms with Gasteiger partial charge in [0.15, 0.2) is 11.9 Å². The lowest BCUT2D eigenvalue weighted by Gasteiger charge is -2.20. The van der Waals surface area contributed by atoms with Gasteiger partial charge >= 0.3 is 0 Å². The minimum atomic E-state index is -0.0405. The minimum Gasteiger partial charge on any atom is -0.467 e. The quantitative estimate of drug-likeness (QED) is 0.430. The van der Waals surface area contributed by atoms with Gasteiger partial charge in [0.25, 0.3) is 5.56 Å². The molecular weight excluding hydrogens is 424 g/mol. The Hall–Kier alpha value is -2.55. The van der Waals surface area contributed by atoms with Crippen LogP contribution in [0, 0.1) is 0 Å². The molecule has 0 N–H and O–H groups in total. The zero-order valence-corrected chi connectivity index (χ0v) is 17.9. The number of halogens is 1. The summed E-state index contributed by atoms with van der Waals surface area (Å²) in [4.78, 5) is 13.0. The molecule has 4 aromatic rings. The second-order valence-corrected chi connectivity index (χ2v) is 8.42. The molecule has 1 aliphatic rings. The number of aryl methyl sites for hydroxylation is 1. The first-order valence-corrected chi connectivity index (χ1v) is 11.0. The minimum absolute atomic E-state index is 0.0405. The van der Waals surface area contributed by atoms with Gasteiger partial charge in [-0.15, -0.1) is 10.2 Å². The molecule has 3 heterocycles. The number of fused-ring (bicyclic) bond motifs is 4. The van der Waals surface area contributed by atoms with Crippen molar-refractivity contribution in [1.82, 2.24) is 19.2 Å². The van der Waals surface area contributed by atoms with Crippen molar-refractivity contribution >= 4 is 40.0 Å². The molecule has 0 atom stereocenters. The molecule has 0 bridgehead atoms. The van der Waals surface area contributed by atoms with Crippen molar-refractivity contribution in [3.8, 4) is 5.75 Å². The molecule has 0 unspecified atom stereocenters. The first-order valence-electron chi connectivity index (χ1n) is 9.68. The highest BCUT2D eigenvalue weighted by Crippen LogP contribution is 2.35. The van der Waals surface area contributed by atoms with Gasteiger partial charge in [-0.1, -0.05) is 42.4 Å². The second kappa shape index (κ2) is 7.94. The predicted octanol–water partition coefficient (Wildman–Crippen LogP) is 4.27. The van der Waals surface area contributed by atoms with E-state index in [4.69, 9.17) is 21.1 Å². The highest BCUT2D eigenvalue weighted by molar-refractivity contribution is 7.98. The standard InChI is InChI=1S/C21H19ClN4O3S/c1-2-7-25-19(27)16-5-3-4-6-17(16)26-20(25)23-24-21(26)30-11-14-9-15(22)8-13-10-28-12-29-18(13)14/h3-6,8-9H,2,7,10-12H2,1H3. The zero-order valence-electron chi connectivity index (χ0n) is 16.3.